The molecule has 18 nitrogen and oxygen atoms in total. The van der Waals surface area contributed by atoms with Gasteiger partial charge in [-0.25, -0.2) is 4.79 Å². The standard InChI is InChI=1S/C40H55N7O11/c1-22(2)18-30(40(57)58)44-38(55)34(23(3)48)45-35(52)28(19-24-8-12-26(49)13-9-24)42-37(54)32-7-5-17-47(32)39(56)29(20-25-10-14-27(50)15-11-25)43-36(53)31-6-4-16-46(31)33(51)21-41/h8-15,22-23,28-32,34,48-50H,4-7,16-21,41H2,1-3H3,(H,42,54)(H,43,53)(H,44,55)(H,45,52)(H,57,58)/t23-,28+,29+,30+,31+,32+,34+/m1/s1. The molecule has 2 heterocycles. The molecule has 2 saturated heterocycles. The van der Waals surface area contributed by atoms with E-state index in [0.717, 1.165) is 0 Å². The van der Waals surface area contributed by atoms with Crippen LogP contribution in [0.2, 0.25) is 0 Å². The third-order valence-corrected chi connectivity index (χ3v) is 10.3. The number of nitrogens with one attached hydrogen (secondary N) is 4. The number of aliphatic hydroxyl groups is 1. The number of likely N-dealkylation sites (tertiary alicyclic amines) is 2. The van der Waals surface area contributed by atoms with E-state index in [-0.39, 0.29) is 56.2 Å². The average Bonchev–Trinajstić information content (AvgIpc) is 3.88. The highest BCUT2D eigenvalue weighted by Crippen LogP contribution is 2.23. The van der Waals surface area contributed by atoms with Crippen LogP contribution in [0.1, 0.15) is 64.0 Å². The number of phenolic OH excluding ortho intramolecular Hbond substituents is 2. The number of carbonyl (C=O) groups excluding carboxylic acids is 6. The SMILES string of the molecule is CC(C)C[C@H](NC(=O)[C@@H](NC(=O)[C@H](Cc1ccc(O)cc1)NC(=O)[C@@H]1CCCN1C(=O)[C@H](Cc1ccc(O)cc1)NC(=O)[C@@H]1CCCN1C(=O)CN)[C@@H](C)O)C(=O)O. The van der Waals surface area contributed by atoms with Crippen LogP contribution in [0, 0.1) is 5.92 Å². The zero-order chi connectivity index (χ0) is 42.7. The Morgan fingerprint density at radius 3 is 1.66 bits per heavy atom. The highest BCUT2D eigenvalue weighted by atomic mass is 16.4. The third kappa shape index (κ3) is 12.1. The summed E-state index contributed by atoms with van der Waals surface area (Å²) in [6.45, 7) is 4.98. The smallest absolute Gasteiger partial charge is 0.326 e. The molecule has 0 aromatic heterocycles. The summed E-state index contributed by atoms with van der Waals surface area (Å²) in [6.07, 6.45) is 0.00554. The predicted molar refractivity (Wildman–Crippen MR) is 209 cm³/mol. The monoisotopic (exact) mass is 809 g/mol. The Kier molecular flexibility index (Phi) is 16.0. The van der Waals surface area contributed by atoms with Crippen LogP contribution in [0.3, 0.4) is 0 Å². The van der Waals surface area contributed by atoms with Crippen LogP contribution in [0.25, 0.3) is 0 Å². The molecule has 4 rings (SSSR count). The number of carboxylic acid groups (broad SMARTS) is 1. The number of aromatic hydroxyl groups is 2. The van der Waals surface area contributed by atoms with Gasteiger partial charge >= 0.3 is 5.97 Å². The molecule has 0 unspecified atom stereocenters. The van der Waals surface area contributed by atoms with Crippen molar-refractivity contribution in [3.63, 3.8) is 0 Å². The van der Waals surface area contributed by atoms with Gasteiger partial charge in [-0.05, 0) is 80.3 Å². The molecular weight excluding hydrogens is 754 g/mol. The minimum absolute atomic E-state index is 0.00397. The van der Waals surface area contributed by atoms with E-state index in [2.05, 4.69) is 21.3 Å². The van der Waals surface area contributed by atoms with Crippen molar-refractivity contribution in [2.45, 2.75) is 108 Å². The summed E-state index contributed by atoms with van der Waals surface area (Å²) in [4.78, 5) is 96.3. The number of aliphatic hydroxyl groups excluding tert-OH is 1. The fourth-order valence-electron chi connectivity index (χ4n) is 7.25. The van der Waals surface area contributed by atoms with Gasteiger partial charge in [0.05, 0.1) is 12.6 Å². The number of rotatable bonds is 18. The summed E-state index contributed by atoms with van der Waals surface area (Å²) < 4.78 is 0. The topological polar surface area (TPSA) is 281 Å². The van der Waals surface area contributed by atoms with Gasteiger partial charge in [-0.3, -0.25) is 28.8 Å². The molecule has 7 atom stereocenters. The van der Waals surface area contributed by atoms with Crippen molar-refractivity contribution in [1.82, 2.24) is 31.1 Å². The van der Waals surface area contributed by atoms with Gasteiger partial charge in [0.15, 0.2) is 0 Å². The van der Waals surface area contributed by atoms with E-state index in [0.29, 0.717) is 36.9 Å². The Morgan fingerprint density at radius 2 is 1.17 bits per heavy atom. The van der Waals surface area contributed by atoms with E-state index in [1.807, 2.05) is 0 Å². The lowest BCUT2D eigenvalue weighted by Gasteiger charge is -2.31. The number of carboxylic acids is 1. The van der Waals surface area contributed by atoms with Crippen LogP contribution < -0.4 is 27.0 Å². The highest BCUT2D eigenvalue weighted by Gasteiger charge is 2.41. The molecule has 10 N–H and O–H groups in total. The maximum Gasteiger partial charge on any atom is 0.326 e. The number of hydrogen-bond acceptors (Lipinski definition) is 11. The number of phenols is 2. The quantitative estimate of drug-likeness (QED) is 0.0902. The first-order valence-electron chi connectivity index (χ1n) is 19.5. The summed E-state index contributed by atoms with van der Waals surface area (Å²) >= 11 is 0. The van der Waals surface area contributed by atoms with E-state index in [9.17, 15) is 54.0 Å². The largest absolute Gasteiger partial charge is 0.508 e. The normalized spacial score (nSPS) is 19.1. The van der Waals surface area contributed by atoms with Crippen molar-refractivity contribution >= 4 is 41.4 Å². The molecule has 6 amide bonds. The van der Waals surface area contributed by atoms with E-state index in [1.54, 1.807) is 26.0 Å². The lowest BCUT2D eigenvalue weighted by molar-refractivity contribution is -0.144. The second-order valence-corrected chi connectivity index (χ2v) is 15.3. The van der Waals surface area contributed by atoms with Gasteiger partial charge in [-0.1, -0.05) is 38.1 Å². The van der Waals surface area contributed by atoms with Crippen molar-refractivity contribution in [3.8, 4) is 11.5 Å². The lowest BCUT2D eigenvalue weighted by atomic mass is 10.0. The molecular formula is C40H55N7O11. The Morgan fingerprint density at radius 1 is 0.690 bits per heavy atom. The summed E-state index contributed by atoms with van der Waals surface area (Å²) in [5.41, 5.74) is 6.67. The molecule has 316 valence electrons. The Labute approximate surface area is 336 Å². The zero-order valence-electron chi connectivity index (χ0n) is 32.9. The minimum atomic E-state index is -1.61. The zero-order valence-corrected chi connectivity index (χ0v) is 32.9. The van der Waals surface area contributed by atoms with Crippen LogP contribution in [0.4, 0.5) is 0 Å². The Bertz CT molecular complexity index is 1790. The number of benzene rings is 2. The van der Waals surface area contributed by atoms with Crippen LogP contribution in [-0.2, 0) is 46.4 Å². The van der Waals surface area contributed by atoms with E-state index < -0.39 is 83.8 Å². The number of amides is 6. The fourth-order valence-corrected chi connectivity index (χ4v) is 7.25. The molecule has 0 bridgehead atoms. The predicted octanol–water partition coefficient (Wildman–Crippen LogP) is -0.726. The molecule has 2 aliphatic rings. The second-order valence-electron chi connectivity index (χ2n) is 15.3. The van der Waals surface area contributed by atoms with Crippen LogP contribution in [0.5, 0.6) is 11.5 Å². The first-order chi connectivity index (χ1) is 27.5. The summed E-state index contributed by atoms with van der Waals surface area (Å²) in [5, 5.41) is 50.1. The minimum Gasteiger partial charge on any atom is -0.508 e. The van der Waals surface area contributed by atoms with Gasteiger partial charge in [-0.15, -0.1) is 0 Å². The fraction of sp³-hybridized carbons (Fsp3) is 0.525. The number of nitrogens with two attached hydrogens (primary N) is 1. The van der Waals surface area contributed by atoms with Gasteiger partial charge in [0.25, 0.3) is 0 Å². The maximum atomic E-state index is 14.4. The molecule has 0 spiro atoms. The van der Waals surface area contributed by atoms with E-state index in [1.165, 1.54) is 53.1 Å². The van der Waals surface area contributed by atoms with Crippen molar-refractivity contribution in [3.05, 3.63) is 59.7 Å². The van der Waals surface area contributed by atoms with Crippen molar-refractivity contribution in [2.75, 3.05) is 19.6 Å². The number of nitrogens with zero attached hydrogens (tertiary/aromatic N) is 2. The van der Waals surface area contributed by atoms with Gasteiger partial charge < -0.3 is 57.2 Å². The third-order valence-electron chi connectivity index (χ3n) is 10.3. The molecule has 2 fully saturated rings. The lowest BCUT2D eigenvalue weighted by Crippen LogP contribution is -2.61. The van der Waals surface area contributed by atoms with Crippen LogP contribution in [0.15, 0.2) is 48.5 Å². The number of aliphatic carboxylic acids is 1. The van der Waals surface area contributed by atoms with Gasteiger partial charge in [0.1, 0.15) is 47.8 Å². The average molecular weight is 810 g/mol. The molecule has 2 aromatic carbocycles. The Balaban J connectivity index is 1.57. The molecule has 2 aromatic rings. The molecule has 18 heteroatoms. The highest BCUT2D eigenvalue weighted by molar-refractivity contribution is 5.97. The van der Waals surface area contributed by atoms with Gasteiger partial charge in [-0.2, -0.15) is 0 Å². The molecule has 0 aliphatic carbocycles. The first-order valence-corrected chi connectivity index (χ1v) is 19.5. The van der Waals surface area contributed by atoms with Crippen LogP contribution in [-0.4, -0.2) is 134 Å². The van der Waals surface area contributed by atoms with Crippen molar-refractivity contribution < 1.29 is 54.0 Å². The summed E-state index contributed by atoms with van der Waals surface area (Å²) in [5.74, 6) is -5.55. The maximum absolute atomic E-state index is 14.4. The molecule has 0 radical (unpaired) electrons. The first kappa shape index (κ1) is 45.0. The molecule has 2 aliphatic heterocycles. The molecule has 58 heavy (non-hydrogen) atoms. The van der Waals surface area contributed by atoms with Crippen molar-refractivity contribution in [1.29, 1.82) is 0 Å². The van der Waals surface area contributed by atoms with Gasteiger partial charge in [0, 0.05) is 25.9 Å². The summed E-state index contributed by atoms with van der Waals surface area (Å²) in [6, 6.07) is 4.47. The number of hydrogen-bond donors (Lipinski definition) is 9. The van der Waals surface area contributed by atoms with Gasteiger partial charge in [0.2, 0.25) is 35.4 Å². The summed E-state index contributed by atoms with van der Waals surface area (Å²) in [7, 11) is 0. The Hall–Kier alpha value is -5.75. The van der Waals surface area contributed by atoms with Crippen LogP contribution >= 0.6 is 0 Å². The van der Waals surface area contributed by atoms with Crippen molar-refractivity contribution in [2.24, 2.45) is 11.7 Å². The second kappa shape index (κ2) is 20.6. The number of carbonyl (C=O) groups is 7. The van der Waals surface area contributed by atoms with E-state index in [4.69, 9.17) is 5.73 Å². The molecule has 0 saturated carbocycles. The van der Waals surface area contributed by atoms with E-state index >= 15 is 0 Å².